The van der Waals surface area contributed by atoms with Crippen LogP contribution in [0.1, 0.15) is 27.3 Å². The molecule has 100 valence electrons. The molecule has 1 aromatic heterocycles. The Morgan fingerprint density at radius 2 is 2.11 bits per heavy atom. The molecule has 3 rings (SSSR count). The van der Waals surface area contributed by atoms with Crippen LogP contribution in [-0.2, 0) is 25.9 Å². The van der Waals surface area contributed by atoms with Gasteiger partial charge in [-0.1, -0.05) is 22.0 Å². The van der Waals surface area contributed by atoms with Gasteiger partial charge in [-0.2, -0.15) is 0 Å². The number of aryl methyl sites for hydroxylation is 2. The summed E-state index contributed by atoms with van der Waals surface area (Å²) < 4.78 is 13.8. The summed E-state index contributed by atoms with van der Waals surface area (Å²) in [7, 11) is 0. The highest BCUT2D eigenvalue weighted by atomic mass is 79.9. The Balaban J connectivity index is 1.57. The number of nitrogens with one attached hydrogen (secondary N) is 1. The lowest BCUT2D eigenvalue weighted by molar-refractivity contribution is 0.623. The molecule has 1 heterocycles. The van der Waals surface area contributed by atoms with Gasteiger partial charge in [0.2, 0.25) is 0 Å². The van der Waals surface area contributed by atoms with Gasteiger partial charge in [-0.3, -0.25) is 0 Å². The van der Waals surface area contributed by atoms with Crippen molar-refractivity contribution in [3.8, 4) is 0 Å². The van der Waals surface area contributed by atoms with Gasteiger partial charge < -0.3 is 5.32 Å². The van der Waals surface area contributed by atoms with E-state index in [1.165, 1.54) is 36.3 Å². The molecule has 19 heavy (non-hydrogen) atoms. The predicted molar refractivity (Wildman–Crippen MR) is 81.0 cm³/mol. The van der Waals surface area contributed by atoms with Crippen molar-refractivity contribution in [3.63, 3.8) is 0 Å². The topological polar surface area (TPSA) is 12.0 Å². The number of thiophene rings is 1. The molecule has 4 heteroatoms. The summed E-state index contributed by atoms with van der Waals surface area (Å²) in [4.78, 5) is 2.97. The Bertz CT molecular complexity index is 572. The normalized spacial score (nSPS) is 13.8. The van der Waals surface area contributed by atoms with Crippen molar-refractivity contribution in [2.75, 3.05) is 0 Å². The molecule has 0 unspecified atom stereocenters. The molecule has 0 amide bonds. The average molecular weight is 340 g/mol. The molecule has 0 fully saturated rings. The van der Waals surface area contributed by atoms with Crippen LogP contribution in [0.4, 0.5) is 4.39 Å². The second kappa shape index (κ2) is 5.73. The van der Waals surface area contributed by atoms with Gasteiger partial charge in [0.1, 0.15) is 5.82 Å². The largest absolute Gasteiger partial charge is 0.308 e. The van der Waals surface area contributed by atoms with Gasteiger partial charge in [0.05, 0.1) is 0 Å². The lowest BCUT2D eigenvalue weighted by Gasteiger charge is -2.06. The fourth-order valence-electron chi connectivity index (χ4n) is 2.46. The number of rotatable bonds is 4. The van der Waals surface area contributed by atoms with E-state index in [0.717, 1.165) is 23.1 Å². The highest BCUT2D eigenvalue weighted by molar-refractivity contribution is 9.10. The van der Waals surface area contributed by atoms with Crippen LogP contribution >= 0.6 is 27.3 Å². The summed E-state index contributed by atoms with van der Waals surface area (Å²) in [5.74, 6) is -0.203. The van der Waals surface area contributed by atoms with Gasteiger partial charge in [-0.15, -0.1) is 11.3 Å². The fourth-order valence-corrected chi connectivity index (χ4v) is 4.18. The van der Waals surface area contributed by atoms with Crippen LogP contribution in [0.2, 0.25) is 0 Å². The third-order valence-electron chi connectivity index (χ3n) is 3.43. The lowest BCUT2D eigenvalue weighted by Crippen LogP contribution is -2.12. The van der Waals surface area contributed by atoms with Crippen LogP contribution in [0.25, 0.3) is 0 Å². The van der Waals surface area contributed by atoms with Gasteiger partial charge in [0, 0.05) is 27.3 Å². The molecule has 0 saturated carbocycles. The molecule has 0 atom stereocenters. The molecule has 0 saturated heterocycles. The fraction of sp³-hybridized carbons (Fsp3) is 0.333. The van der Waals surface area contributed by atoms with Gasteiger partial charge >= 0.3 is 0 Å². The van der Waals surface area contributed by atoms with Crippen LogP contribution in [0.5, 0.6) is 0 Å². The molecule has 1 aliphatic rings. The Kier molecular flexibility index (Phi) is 4.01. The first-order valence-electron chi connectivity index (χ1n) is 6.47. The van der Waals surface area contributed by atoms with E-state index in [4.69, 9.17) is 0 Å². The highest BCUT2D eigenvalue weighted by Gasteiger charge is 2.14. The van der Waals surface area contributed by atoms with Crippen molar-refractivity contribution in [2.45, 2.75) is 32.4 Å². The third kappa shape index (κ3) is 3.07. The standard InChI is InChI=1S/C15H15BrFNS/c16-14-7-12(17)5-4-11(14)8-18-9-13-6-10-2-1-3-15(10)19-13/h4-7,18H,1-3,8-9H2. The van der Waals surface area contributed by atoms with Gasteiger partial charge in [0.25, 0.3) is 0 Å². The van der Waals surface area contributed by atoms with E-state index in [1.807, 2.05) is 17.4 Å². The maximum atomic E-state index is 13.0. The summed E-state index contributed by atoms with van der Waals surface area (Å²) in [5.41, 5.74) is 2.63. The minimum atomic E-state index is -0.203. The van der Waals surface area contributed by atoms with E-state index >= 15 is 0 Å². The van der Waals surface area contributed by atoms with Crippen molar-refractivity contribution in [3.05, 3.63) is 55.4 Å². The molecule has 0 spiro atoms. The molecular formula is C15H15BrFNS. The SMILES string of the molecule is Fc1ccc(CNCc2cc3c(s2)CCC3)c(Br)c1. The number of benzene rings is 1. The smallest absolute Gasteiger partial charge is 0.124 e. The molecule has 0 aliphatic heterocycles. The van der Waals surface area contributed by atoms with Gasteiger partial charge in [0.15, 0.2) is 0 Å². The summed E-state index contributed by atoms with van der Waals surface area (Å²) in [6, 6.07) is 7.17. The highest BCUT2D eigenvalue weighted by Crippen LogP contribution is 2.30. The average Bonchev–Trinajstić information content (AvgIpc) is 2.92. The Morgan fingerprint density at radius 1 is 1.21 bits per heavy atom. The van der Waals surface area contributed by atoms with Crippen molar-refractivity contribution in [1.82, 2.24) is 5.32 Å². The summed E-state index contributed by atoms with van der Waals surface area (Å²) in [5, 5.41) is 3.42. The molecular weight excluding hydrogens is 325 g/mol. The molecule has 0 radical (unpaired) electrons. The Labute approximate surface area is 125 Å². The van der Waals surface area contributed by atoms with Crippen LogP contribution in [0.3, 0.4) is 0 Å². The first kappa shape index (κ1) is 13.3. The first-order valence-corrected chi connectivity index (χ1v) is 8.08. The van der Waals surface area contributed by atoms with Crippen molar-refractivity contribution < 1.29 is 4.39 Å². The quantitative estimate of drug-likeness (QED) is 0.868. The zero-order chi connectivity index (χ0) is 13.2. The van der Waals surface area contributed by atoms with E-state index < -0.39 is 0 Å². The molecule has 2 aromatic rings. The van der Waals surface area contributed by atoms with E-state index in [2.05, 4.69) is 27.3 Å². The zero-order valence-corrected chi connectivity index (χ0v) is 12.9. The second-order valence-electron chi connectivity index (χ2n) is 4.85. The molecule has 1 nitrogen and oxygen atoms in total. The summed E-state index contributed by atoms with van der Waals surface area (Å²) in [6.45, 7) is 1.64. The number of hydrogen-bond acceptors (Lipinski definition) is 2. The first-order chi connectivity index (χ1) is 9.22. The van der Waals surface area contributed by atoms with E-state index in [1.54, 1.807) is 10.4 Å². The lowest BCUT2D eigenvalue weighted by atomic mass is 10.2. The van der Waals surface area contributed by atoms with E-state index in [-0.39, 0.29) is 5.82 Å². The molecule has 1 N–H and O–H groups in total. The summed E-state index contributed by atoms with van der Waals surface area (Å²) in [6.07, 6.45) is 3.82. The van der Waals surface area contributed by atoms with Crippen LogP contribution in [-0.4, -0.2) is 0 Å². The number of fused-ring (bicyclic) bond motifs is 1. The van der Waals surface area contributed by atoms with Gasteiger partial charge in [-0.05, 0) is 48.6 Å². The van der Waals surface area contributed by atoms with Crippen LogP contribution < -0.4 is 5.32 Å². The Hall–Kier alpha value is -0.710. The van der Waals surface area contributed by atoms with E-state index in [0.29, 0.717) is 0 Å². The molecule has 0 bridgehead atoms. The second-order valence-corrected chi connectivity index (χ2v) is 6.93. The zero-order valence-electron chi connectivity index (χ0n) is 10.5. The minimum Gasteiger partial charge on any atom is -0.308 e. The number of halogens is 2. The maximum Gasteiger partial charge on any atom is 0.124 e. The van der Waals surface area contributed by atoms with Crippen molar-refractivity contribution in [1.29, 1.82) is 0 Å². The Morgan fingerprint density at radius 3 is 2.89 bits per heavy atom. The van der Waals surface area contributed by atoms with Gasteiger partial charge in [-0.25, -0.2) is 4.39 Å². The maximum absolute atomic E-state index is 13.0. The predicted octanol–water partition coefficient (Wildman–Crippen LogP) is 4.43. The van der Waals surface area contributed by atoms with E-state index in [9.17, 15) is 4.39 Å². The third-order valence-corrected chi connectivity index (χ3v) is 5.40. The molecule has 1 aromatic carbocycles. The minimum absolute atomic E-state index is 0.203. The monoisotopic (exact) mass is 339 g/mol. The van der Waals surface area contributed by atoms with Crippen molar-refractivity contribution >= 4 is 27.3 Å². The van der Waals surface area contributed by atoms with Crippen molar-refractivity contribution in [2.24, 2.45) is 0 Å². The van der Waals surface area contributed by atoms with Crippen LogP contribution in [0, 0.1) is 5.82 Å². The van der Waals surface area contributed by atoms with Crippen LogP contribution in [0.15, 0.2) is 28.7 Å². The molecule has 1 aliphatic carbocycles. The summed E-state index contributed by atoms with van der Waals surface area (Å²) >= 11 is 5.32. The number of hydrogen-bond donors (Lipinski definition) is 1.